The molecule has 0 spiro atoms. The second-order valence-corrected chi connectivity index (χ2v) is 7.90. The summed E-state index contributed by atoms with van der Waals surface area (Å²) in [5.74, 6) is 0.163. The first-order chi connectivity index (χ1) is 11.6. The average Bonchev–Trinajstić information content (AvgIpc) is 3.09. The molecule has 0 saturated carbocycles. The fourth-order valence-electron chi connectivity index (χ4n) is 3.91. The normalized spacial score (nSPS) is 23.7. The summed E-state index contributed by atoms with van der Waals surface area (Å²) >= 11 is 12.1. The second kappa shape index (κ2) is 8.07. The monoisotopic (exact) mass is 368 g/mol. The number of likely N-dealkylation sites (tertiary alicyclic amines) is 2. The van der Waals surface area contributed by atoms with E-state index in [2.05, 4.69) is 16.7 Å². The summed E-state index contributed by atoms with van der Waals surface area (Å²) in [6, 6.07) is 5.88. The van der Waals surface area contributed by atoms with Crippen LogP contribution in [0.1, 0.15) is 50.5 Å². The number of rotatable bonds is 5. The molecule has 3 rings (SSSR count). The van der Waals surface area contributed by atoms with Crippen LogP contribution in [0.3, 0.4) is 0 Å². The second-order valence-electron chi connectivity index (χ2n) is 7.09. The smallest absolute Gasteiger partial charge is 0.230 e. The van der Waals surface area contributed by atoms with Gasteiger partial charge in [-0.1, -0.05) is 29.3 Å². The molecule has 2 unspecified atom stereocenters. The van der Waals surface area contributed by atoms with Crippen LogP contribution in [-0.4, -0.2) is 47.9 Å². The van der Waals surface area contributed by atoms with E-state index in [1.54, 1.807) is 6.07 Å². The van der Waals surface area contributed by atoms with Crippen LogP contribution >= 0.6 is 23.2 Å². The Morgan fingerprint density at radius 3 is 2.58 bits per heavy atom. The maximum atomic E-state index is 13.0. The fraction of sp³-hybridized carbons (Fsp3) is 0.632. The third-order valence-corrected chi connectivity index (χ3v) is 6.15. The fourth-order valence-corrected chi connectivity index (χ4v) is 4.21. The Morgan fingerprint density at radius 2 is 1.88 bits per heavy atom. The number of benzene rings is 1. The van der Waals surface area contributed by atoms with Crippen LogP contribution < -0.4 is 0 Å². The largest absolute Gasteiger partial charge is 0.339 e. The topological polar surface area (TPSA) is 23.6 Å². The van der Waals surface area contributed by atoms with E-state index in [0.29, 0.717) is 16.1 Å². The van der Waals surface area contributed by atoms with Crippen LogP contribution in [0.5, 0.6) is 0 Å². The van der Waals surface area contributed by atoms with Crippen LogP contribution in [0, 0.1) is 0 Å². The molecule has 2 saturated heterocycles. The van der Waals surface area contributed by atoms with Crippen LogP contribution in [0.15, 0.2) is 18.2 Å². The number of nitrogens with zero attached hydrogens (tertiary/aromatic N) is 2. The van der Waals surface area contributed by atoms with Crippen LogP contribution in [0.2, 0.25) is 10.0 Å². The van der Waals surface area contributed by atoms with Crippen molar-refractivity contribution in [2.75, 3.05) is 26.2 Å². The first-order valence-corrected chi connectivity index (χ1v) is 9.79. The number of hydrogen-bond acceptors (Lipinski definition) is 2. The molecular weight excluding hydrogens is 343 g/mol. The molecule has 0 N–H and O–H groups in total. The third-order valence-electron chi connectivity index (χ3n) is 5.41. The number of piperidine rings is 1. The summed E-state index contributed by atoms with van der Waals surface area (Å²) in [6.07, 6.45) is 5.63. The van der Waals surface area contributed by atoms with E-state index in [1.807, 2.05) is 12.1 Å². The maximum absolute atomic E-state index is 13.0. The molecule has 2 atom stereocenters. The van der Waals surface area contributed by atoms with Crippen molar-refractivity contribution in [1.82, 2.24) is 9.80 Å². The minimum absolute atomic E-state index is 0.0808. The molecule has 2 aliphatic rings. The van der Waals surface area contributed by atoms with Crippen LogP contribution in [0.25, 0.3) is 0 Å². The van der Waals surface area contributed by atoms with Gasteiger partial charge in [-0.2, -0.15) is 0 Å². The molecule has 2 aliphatic heterocycles. The van der Waals surface area contributed by atoms with E-state index in [9.17, 15) is 4.79 Å². The number of carbonyl (C=O) groups is 1. The highest BCUT2D eigenvalue weighted by atomic mass is 35.5. The van der Waals surface area contributed by atoms with Crippen molar-refractivity contribution in [3.63, 3.8) is 0 Å². The van der Waals surface area contributed by atoms with E-state index < -0.39 is 0 Å². The quantitative estimate of drug-likeness (QED) is 0.759. The third kappa shape index (κ3) is 4.07. The molecule has 1 aromatic rings. The van der Waals surface area contributed by atoms with Crippen molar-refractivity contribution in [2.45, 2.75) is 51.0 Å². The lowest BCUT2D eigenvalue weighted by Crippen LogP contribution is -2.46. The van der Waals surface area contributed by atoms with E-state index in [-0.39, 0.29) is 11.8 Å². The lowest BCUT2D eigenvalue weighted by atomic mass is 9.89. The van der Waals surface area contributed by atoms with Gasteiger partial charge in [0.15, 0.2) is 0 Å². The van der Waals surface area contributed by atoms with Gasteiger partial charge in [0.25, 0.3) is 0 Å². The molecule has 0 aliphatic carbocycles. The van der Waals surface area contributed by atoms with E-state index >= 15 is 0 Å². The predicted octanol–water partition coefficient (Wildman–Crippen LogP) is 4.57. The van der Waals surface area contributed by atoms with Gasteiger partial charge in [-0.25, -0.2) is 0 Å². The molecule has 0 bridgehead atoms. The summed E-state index contributed by atoms with van der Waals surface area (Å²) in [7, 11) is 0. The van der Waals surface area contributed by atoms with Crippen molar-refractivity contribution in [3.8, 4) is 0 Å². The molecule has 0 radical (unpaired) electrons. The zero-order chi connectivity index (χ0) is 17.1. The van der Waals surface area contributed by atoms with Crippen molar-refractivity contribution < 1.29 is 4.79 Å². The lowest BCUT2D eigenvalue weighted by molar-refractivity contribution is -0.137. The molecule has 1 amide bonds. The van der Waals surface area contributed by atoms with Gasteiger partial charge in [0, 0.05) is 19.1 Å². The summed E-state index contributed by atoms with van der Waals surface area (Å²) < 4.78 is 0. The van der Waals surface area contributed by atoms with E-state index in [4.69, 9.17) is 23.2 Å². The molecule has 132 valence electrons. The number of amides is 1. The minimum Gasteiger partial charge on any atom is -0.339 e. The average molecular weight is 369 g/mol. The zero-order valence-electron chi connectivity index (χ0n) is 14.3. The van der Waals surface area contributed by atoms with Gasteiger partial charge < -0.3 is 9.80 Å². The standard InChI is InChI=1S/C19H26Cl2N2O/c1-14(8-12-22-9-2-3-10-22)23-11-4-5-16(19(23)24)15-6-7-17(20)18(21)13-15/h6-7,13-14,16H,2-5,8-12H2,1H3. The summed E-state index contributed by atoms with van der Waals surface area (Å²) in [5.41, 5.74) is 0.992. The Balaban J connectivity index is 1.64. The van der Waals surface area contributed by atoms with Crippen LogP contribution in [-0.2, 0) is 4.79 Å². The number of halogens is 2. The Kier molecular flexibility index (Phi) is 6.07. The van der Waals surface area contributed by atoms with Crippen molar-refractivity contribution in [3.05, 3.63) is 33.8 Å². The van der Waals surface area contributed by atoms with E-state index in [1.165, 1.54) is 25.9 Å². The van der Waals surface area contributed by atoms with E-state index in [0.717, 1.165) is 37.9 Å². The molecule has 3 nitrogen and oxygen atoms in total. The SMILES string of the molecule is CC(CCN1CCCC1)N1CCCC(c2ccc(Cl)c(Cl)c2)C1=O. The predicted molar refractivity (Wildman–Crippen MR) is 99.9 cm³/mol. The Hall–Kier alpha value is -0.770. The molecular formula is C19H26Cl2N2O. The molecule has 5 heteroatoms. The number of hydrogen-bond donors (Lipinski definition) is 0. The Morgan fingerprint density at radius 1 is 1.12 bits per heavy atom. The van der Waals surface area contributed by atoms with Gasteiger partial charge in [0.2, 0.25) is 5.91 Å². The highest BCUT2D eigenvalue weighted by molar-refractivity contribution is 6.42. The summed E-state index contributed by atoms with van der Waals surface area (Å²) in [6.45, 7) is 6.59. The molecule has 24 heavy (non-hydrogen) atoms. The minimum atomic E-state index is -0.0808. The van der Waals surface area contributed by atoms with Crippen molar-refractivity contribution >= 4 is 29.1 Å². The van der Waals surface area contributed by atoms with Gasteiger partial charge in [-0.05, 0) is 69.8 Å². The van der Waals surface area contributed by atoms with Gasteiger partial charge in [0.05, 0.1) is 16.0 Å². The van der Waals surface area contributed by atoms with Crippen molar-refractivity contribution in [1.29, 1.82) is 0 Å². The molecule has 2 fully saturated rings. The first kappa shape index (κ1) is 18.0. The summed E-state index contributed by atoms with van der Waals surface area (Å²) in [5, 5.41) is 1.07. The highest BCUT2D eigenvalue weighted by Gasteiger charge is 2.32. The Labute approximate surface area is 154 Å². The van der Waals surface area contributed by atoms with Gasteiger partial charge in [-0.3, -0.25) is 4.79 Å². The Bertz CT molecular complexity index is 587. The molecule has 1 aromatic carbocycles. The van der Waals surface area contributed by atoms with Crippen molar-refractivity contribution in [2.24, 2.45) is 0 Å². The summed E-state index contributed by atoms with van der Waals surface area (Å²) in [4.78, 5) is 17.6. The molecule has 2 heterocycles. The van der Waals surface area contributed by atoms with Gasteiger partial charge in [-0.15, -0.1) is 0 Å². The lowest BCUT2D eigenvalue weighted by Gasteiger charge is -2.37. The zero-order valence-corrected chi connectivity index (χ0v) is 15.8. The maximum Gasteiger partial charge on any atom is 0.230 e. The van der Waals surface area contributed by atoms with Crippen LogP contribution in [0.4, 0.5) is 0 Å². The van der Waals surface area contributed by atoms with Gasteiger partial charge in [0.1, 0.15) is 0 Å². The molecule has 0 aromatic heterocycles. The highest BCUT2D eigenvalue weighted by Crippen LogP contribution is 2.33. The number of carbonyl (C=O) groups excluding carboxylic acids is 1. The van der Waals surface area contributed by atoms with Gasteiger partial charge >= 0.3 is 0 Å². The first-order valence-electron chi connectivity index (χ1n) is 9.04.